The van der Waals surface area contributed by atoms with Gasteiger partial charge in [0.25, 0.3) is 5.91 Å². The molecule has 1 N–H and O–H groups in total. The summed E-state index contributed by atoms with van der Waals surface area (Å²) in [4.78, 5) is 12.4. The van der Waals surface area contributed by atoms with Crippen LogP contribution in [-0.4, -0.2) is 5.91 Å². The second-order valence-corrected chi connectivity index (χ2v) is 8.71. The maximum atomic E-state index is 13.3. The second-order valence-electron chi connectivity index (χ2n) is 7.00. The van der Waals surface area contributed by atoms with Crippen molar-refractivity contribution in [3.8, 4) is 5.75 Å². The Balaban J connectivity index is 1.61. The molecule has 164 valence electrons. The van der Waals surface area contributed by atoms with Crippen molar-refractivity contribution in [2.75, 3.05) is 5.32 Å². The first kappa shape index (κ1) is 22.5. The summed E-state index contributed by atoms with van der Waals surface area (Å²) in [6.07, 6.45) is -2.91. The molecule has 0 aliphatic carbocycles. The molecule has 0 spiro atoms. The highest BCUT2D eigenvalue weighted by Crippen LogP contribution is 2.40. The molecular formula is C23H13Br2F4NO2. The fraction of sp³-hybridized carbons (Fsp3) is 0.0870. The number of nitrogens with one attached hydrogen (secondary N) is 1. The van der Waals surface area contributed by atoms with E-state index in [1.807, 2.05) is 0 Å². The maximum absolute atomic E-state index is 13.3. The molecule has 1 aliphatic heterocycles. The number of amides is 1. The molecule has 0 bridgehead atoms. The topological polar surface area (TPSA) is 38.3 Å². The standard InChI is InChI=1S/C23H13Br2F4NO2/c24-18-8-13(9-19(25)21(18)32-11-12-2-1-3-15(26)6-12)7-17-16-5-4-14(23(27,28)29)10-20(16)30-22(17)31/h1-10H,11H2,(H,30,31)/b17-7-. The monoisotopic (exact) mass is 569 g/mol. The highest BCUT2D eigenvalue weighted by molar-refractivity contribution is 9.11. The maximum Gasteiger partial charge on any atom is 0.416 e. The fourth-order valence-electron chi connectivity index (χ4n) is 3.26. The van der Waals surface area contributed by atoms with Crippen LogP contribution in [0.25, 0.3) is 11.6 Å². The van der Waals surface area contributed by atoms with E-state index < -0.39 is 17.6 Å². The SMILES string of the molecule is O=C1Nc2cc(C(F)(F)F)ccc2/C1=C/c1cc(Br)c(OCc2cccc(F)c2)c(Br)c1. The predicted molar refractivity (Wildman–Crippen MR) is 121 cm³/mol. The lowest BCUT2D eigenvalue weighted by molar-refractivity contribution is -0.137. The molecule has 0 atom stereocenters. The molecule has 0 unspecified atom stereocenters. The van der Waals surface area contributed by atoms with E-state index in [4.69, 9.17) is 4.74 Å². The molecule has 3 nitrogen and oxygen atoms in total. The molecule has 1 heterocycles. The van der Waals surface area contributed by atoms with Gasteiger partial charge in [0.15, 0.2) is 0 Å². The van der Waals surface area contributed by atoms with Crippen molar-refractivity contribution in [3.63, 3.8) is 0 Å². The van der Waals surface area contributed by atoms with Gasteiger partial charge in [0.1, 0.15) is 18.2 Å². The lowest BCUT2D eigenvalue weighted by atomic mass is 10.0. The van der Waals surface area contributed by atoms with Gasteiger partial charge in [-0.1, -0.05) is 18.2 Å². The van der Waals surface area contributed by atoms with E-state index >= 15 is 0 Å². The van der Waals surface area contributed by atoms with Gasteiger partial charge in [-0.15, -0.1) is 0 Å². The van der Waals surface area contributed by atoms with E-state index in [1.54, 1.807) is 30.3 Å². The summed E-state index contributed by atoms with van der Waals surface area (Å²) in [5.74, 6) is -0.357. The Hall–Kier alpha value is -2.65. The third-order valence-corrected chi connectivity index (χ3v) is 5.91. The molecule has 0 fully saturated rings. The highest BCUT2D eigenvalue weighted by atomic mass is 79.9. The van der Waals surface area contributed by atoms with Crippen molar-refractivity contribution in [2.24, 2.45) is 0 Å². The molecule has 3 aromatic rings. The molecule has 0 radical (unpaired) electrons. The van der Waals surface area contributed by atoms with Crippen LogP contribution in [0, 0.1) is 5.82 Å². The molecular weight excluding hydrogens is 558 g/mol. The third kappa shape index (κ3) is 4.73. The summed E-state index contributed by atoms with van der Waals surface area (Å²) >= 11 is 6.86. The third-order valence-electron chi connectivity index (χ3n) is 4.73. The number of carbonyl (C=O) groups is 1. The average Bonchev–Trinajstić information content (AvgIpc) is 3.01. The van der Waals surface area contributed by atoms with E-state index in [1.165, 1.54) is 18.2 Å². The Labute approximate surface area is 197 Å². The largest absolute Gasteiger partial charge is 0.487 e. The molecule has 0 saturated heterocycles. The van der Waals surface area contributed by atoms with Gasteiger partial charge in [-0.05, 0) is 85.5 Å². The summed E-state index contributed by atoms with van der Waals surface area (Å²) in [5, 5.41) is 2.48. The van der Waals surface area contributed by atoms with Gasteiger partial charge in [0.2, 0.25) is 0 Å². The van der Waals surface area contributed by atoms with Crippen molar-refractivity contribution < 1.29 is 27.1 Å². The zero-order valence-electron chi connectivity index (χ0n) is 16.1. The van der Waals surface area contributed by atoms with Gasteiger partial charge in [-0.3, -0.25) is 4.79 Å². The van der Waals surface area contributed by atoms with E-state index in [0.717, 1.165) is 12.1 Å². The summed E-state index contributed by atoms with van der Waals surface area (Å²) in [6.45, 7) is 0.146. The van der Waals surface area contributed by atoms with Crippen molar-refractivity contribution in [1.82, 2.24) is 0 Å². The normalized spacial score (nSPS) is 14.4. The minimum atomic E-state index is -4.50. The Kier molecular flexibility index (Phi) is 6.13. The Bertz CT molecular complexity index is 1230. The molecule has 32 heavy (non-hydrogen) atoms. The summed E-state index contributed by atoms with van der Waals surface area (Å²) < 4.78 is 59.1. The number of hydrogen-bond acceptors (Lipinski definition) is 2. The van der Waals surface area contributed by atoms with Gasteiger partial charge < -0.3 is 10.1 Å². The van der Waals surface area contributed by atoms with Gasteiger partial charge in [-0.25, -0.2) is 4.39 Å². The van der Waals surface area contributed by atoms with E-state index in [9.17, 15) is 22.4 Å². The van der Waals surface area contributed by atoms with E-state index in [-0.39, 0.29) is 23.7 Å². The molecule has 9 heteroatoms. The smallest absolute Gasteiger partial charge is 0.416 e. The fourth-order valence-corrected chi connectivity index (χ4v) is 4.71. The van der Waals surface area contributed by atoms with E-state index in [2.05, 4.69) is 37.2 Å². The van der Waals surface area contributed by atoms with Crippen molar-refractivity contribution >= 4 is 55.1 Å². The molecule has 0 aromatic heterocycles. The number of ether oxygens (including phenoxy) is 1. The van der Waals surface area contributed by atoms with Crippen molar-refractivity contribution in [1.29, 1.82) is 0 Å². The first-order chi connectivity index (χ1) is 15.1. The van der Waals surface area contributed by atoms with Gasteiger partial charge >= 0.3 is 6.18 Å². The predicted octanol–water partition coefficient (Wildman–Crippen LogP) is 7.44. The highest BCUT2D eigenvalue weighted by Gasteiger charge is 2.33. The van der Waals surface area contributed by atoms with Crippen LogP contribution in [0.2, 0.25) is 0 Å². The summed E-state index contributed by atoms with van der Waals surface area (Å²) in [7, 11) is 0. The van der Waals surface area contributed by atoms with Crippen LogP contribution in [0.5, 0.6) is 5.75 Å². The molecule has 0 saturated carbocycles. The van der Waals surface area contributed by atoms with Gasteiger partial charge in [0, 0.05) is 16.8 Å². The van der Waals surface area contributed by atoms with Crippen LogP contribution in [-0.2, 0) is 17.6 Å². The van der Waals surface area contributed by atoms with Crippen molar-refractivity contribution in [3.05, 3.63) is 91.6 Å². The number of fused-ring (bicyclic) bond motifs is 1. The number of rotatable bonds is 4. The minimum absolute atomic E-state index is 0.115. The molecule has 4 rings (SSSR count). The van der Waals surface area contributed by atoms with Crippen LogP contribution in [0.15, 0.2) is 63.5 Å². The number of benzene rings is 3. The Morgan fingerprint density at radius 2 is 1.72 bits per heavy atom. The lowest BCUT2D eigenvalue weighted by Gasteiger charge is -2.12. The summed E-state index contributed by atoms with van der Waals surface area (Å²) in [5.41, 5.74) is 1.21. The second kappa shape index (κ2) is 8.71. The first-order valence-corrected chi connectivity index (χ1v) is 10.8. The number of anilines is 1. The zero-order valence-corrected chi connectivity index (χ0v) is 19.2. The van der Waals surface area contributed by atoms with E-state index in [0.29, 0.717) is 31.4 Å². The quantitative estimate of drug-likeness (QED) is 0.261. The van der Waals surface area contributed by atoms with Crippen LogP contribution in [0.4, 0.5) is 23.2 Å². The lowest BCUT2D eigenvalue weighted by Crippen LogP contribution is -2.06. The minimum Gasteiger partial charge on any atom is -0.487 e. The van der Waals surface area contributed by atoms with Crippen LogP contribution in [0.1, 0.15) is 22.3 Å². The van der Waals surface area contributed by atoms with Crippen LogP contribution in [0.3, 0.4) is 0 Å². The number of hydrogen-bond donors (Lipinski definition) is 1. The number of halogens is 6. The van der Waals surface area contributed by atoms with Gasteiger partial charge in [0.05, 0.1) is 14.5 Å². The Morgan fingerprint density at radius 1 is 1.00 bits per heavy atom. The zero-order chi connectivity index (χ0) is 23.0. The van der Waals surface area contributed by atoms with Crippen LogP contribution < -0.4 is 10.1 Å². The summed E-state index contributed by atoms with van der Waals surface area (Å²) in [6, 6.07) is 12.6. The van der Waals surface area contributed by atoms with Gasteiger partial charge in [-0.2, -0.15) is 13.2 Å². The molecule has 1 amide bonds. The average molecular weight is 571 g/mol. The van der Waals surface area contributed by atoms with Crippen LogP contribution >= 0.6 is 31.9 Å². The van der Waals surface area contributed by atoms with Crippen molar-refractivity contribution in [2.45, 2.75) is 12.8 Å². The number of carbonyl (C=O) groups excluding carboxylic acids is 1. The molecule has 1 aliphatic rings. The first-order valence-electron chi connectivity index (χ1n) is 9.23. The number of alkyl halides is 3. The molecule has 3 aromatic carbocycles. The Morgan fingerprint density at radius 3 is 2.38 bits per heavy atom.